The minimum Gasteiger partial charge on any atom is -0.299 e. The Labute approximate surface area is 86.9 Å². The van der Waals surface area contributed by atoms with E-state index in [1.54, 1.807) is 12.1 Å². The van der Waals surface area contributed by atoms with Crippen LogP contribution in [0.3, 0.4) is 0 Å². The third-order valence-electron chi connectivity index (χ3n) is 2.90. The molecule has 1 aromatic carbocycles. The molecule has 0 heterocycles. The second kappa shape index (κ2) is 3.35. The highest BCUT2D eigenvalue weighted by molar-refractivity contribution is 6.30. The van der Waals surface area contributed by atoms with Crippen molar-refractivity contribution in [3.63, 3.8) is 0 Å². The van der Waals surface area contributed by atoms with E-state index in [1.807, 2.05) is 6.92 Å². The van der Waals surface area contributed by atoms with Gasteiger partial charge in [0.15, 0.2) is 0 Å². The second-order valence-electron chi connectivity index (χ2n) is 3.74. The summed E-state index contributed by atoms with van der Waals surface area (Å²) in [5, 5.41) is 0.133. The number of halogens is 2. The maximum absolute atomic E-state index is 12.9. The molecule has 1 nitrogen and oxygen atoms in total. The molecule has 3 heteroatoms. The van der Waals surface area contributed by atoms with Crippen LogP contribution in [0.1, 0.15) is 24.8 Å². The molecule has 2 atom stereocenters. The van der Waals surface area contributed by atoms with E-state index in [4.69, 9.17) is 11.6 Å². The highest BCUT2D eigenvalue weighted by Gasteiger charge is 2.36. The quantitative estimate of drug-likeness (QED) is 0.699. The summed E-state index contributed by atoms with van der Waals surface area (Å²) in [6.07, 6.45) is 0.559. The Hall–Kier alpha value is -0.890. The van der Waals surface area contributed by atoms with Gasteiger partial charge in [0, 0.05) is 18.3 Å². The zero-order chi connectivity index (χ0) is 10.3. The summed E-state index contributed by atoms with van der Waals surface area (Å²) < 4.78 is 12.9. The standard InChI is InChI=1S/C11H10ClFO/c1-6-8(5-11(6)14)7-2-3-10(13)9(12)4-7/h2-4,6,8H,5H2,1H3. The number of hydrogen-bond acceptors (Lipinski definition) is 1. The van der Waals surface area contributed by atoms with Crippen LogP contribution >= 0.6 is 11.6 Å². The lowest BCUT2D eigenvalue weighted by atomic mass is 9.70. The summed E-state index contributed by atoms with van der Waals surface area (Å²) in [4.78, 5) is 11.1. The van der Waals surface area contributed by atoms with Crippen LogP contribution in [0.15, 0.2) is 18.2 Å². The number of Topliss-reactive ketones (excluding diaryl/α,β-unsaturated/α-hetero) is 1. The molecule has 1 aliphatic rings. The van der Waals surface area contributed by atoms with E-state index < -0.39 is 5.82 Å². The van der Waals surface area contributed by atoms with Crippen molar-refractivity contribution in [3.05, 3.63) is 34.6 Å². The number of ketones is 1. The van der Waals surface area contributed by atoms with E-state index in [2.05, 4.69) is 0 Å². The number of hydrogen-bond donors (Lipinski definition) is 0. The molecule has 1 aliphatic carbocycles. The average molecular weight is 213 g/mol. The summed E-state index contributed by atoms with van der Waals surface area (Å²) in [7, 11) is 0. The van der Waals surface area contributed by atoms with Crippen molar-refractivity contribution in [2.24, 2.45) is 5.92 Å². The zero-order valence-electron chi connectivity index (χ0n) is 7.76. The van der Waals surface area contributed by atoms with Crippen molar-refractivity contribution in [3.8, 4) is 0 Å². The molecule has 0 spiro atoms. The fraction of sp³-hybridized carbons (Fsp3) is 0.364. The normalized spacial score (nSPS) is 26.1. The van der Waals surface area contributed by atoms with Crippen LogP contribution in [0.25, 0.3) is 0 Å². The first-order chi connectivity index (χ1) is 6.59. The monoisotopic (exact) mass is 212 g/mol. The van der Waals surface area contributed by atoms with Gasteiger partial charge in [-0.1, -0.05) is 24.6 Å². The molecule has 1 saturated carbocycles. The van der Waals surface area contributed by atoms with Gasteiger partial charge in [0.25, 0.3) is 0 Å². The predicted octanol–water partition coefficient (Wildman–Crippen LogP) is 3.17. The average Bonchev–Trinajstić information content (AvgIpc) is 2.18. The highest BCUT2D eigenvalue weighted by atomic mass is 35.5. The summed E-state index contributed by atoms with van der Waals surface area (Å²) >= 11 is 5.66. The molecule has 0 N–H and O–H groups in total. The van der Waals surface area contributed by atoms with Gasteiger partial charge in [-0.3, -0.25) is 4.79 Å². The Balaban J connectivity index is 2.26. The topological polar surface area (TPSA) is 17.1 Å². The Bertz CT molecular complexity index is 389. The summed E-state index contributed by atoms with van der Waals surface area (Å²) in [6.45, 7) is 1.90. The largest absolute Gasteiger partial charge is 0.299 e. The molecule has 0 saturated heterocycles. The highest BCUT2D eigenvalue weighted by Crippen LogP contribution is 2.39. The van der Waals surface area contributed by atoms with E-state index in [9.17, 15) is 9.18 Å². The van der Waals surface area contributed by atoms with Crippen LogP contribution in [-0.2, 0) is 4.79 Å². The van der Waals surface area contributed by atoms with Crippen molar-refractivity contribution in [1.29, 1.82) is 0 Å². The zero-order valence-corrected chi connectivity index (χ0v) is 8.51. The van der Waals surface area contributed by atoms with Crippen LogP contribution in [0.2, 0.25) is 5.02 Å². The van der Waals surface area contributed by atoms with E-state index in [-0.39, 0.29) is 22.6 Å². The van der Waals surface area contributed by atoms with Crippen LogP contribution in [0.5, 0.6) is 0 Å². The Morgan fingerprint density at radius 1 is 1.50 bits per heavy atom. The van der Waals surface area contributed by atoms with Crippen LogP contribution in [0, 0.1) is 11.7 Å². The van der Waals surface area contributed by atoms with Crippen molar-refractivity contribution < 1.29 is 9.18 Å². The first-order valence-corrected chi connectivity index (χ1v) is 4.95. The molecule has 1 fully saturated rings. The molecule has 0 aromatic heterocycles. The Morgan fingerprint density at radius 2 is 2.21 bits per heavy atom. The van der Waals surface area contributed by atoms with Crippen LogP contribution in [0.4, 0.5) is 4.39 Å². The number of rotatable bonds is 1. The molecular formula is C11H10ClFO. The summed E-state index contributed by atoms with van der Waals surface area (Å²) in [5.74, 6) is 0.140. The predicted molar refractivity (Wildman–Crippen MR) is 52.9 cm³/mol. The molecule has 0 radical (unpaired) electrons. The fourth-order valence-electron chi connectivity index (χ4n) is 1.79. The Kier molecular flexibility index (Phi) is 2.31. The van der Waals surface area contributed by atoms with Crippen LogP contribution < -0.4 is 0 Å². The smallest absolute Gasteiger partial charge is 0.141 e. The van der Waals surface area contributed by atoms with Crippen molar-refractivity contribution in [1.82, 2.24) is 0 Å². The number of benzene rings is 1. The summed E-state index contributed by atoms with van der Waals surface area (Å²) in [5.41, 5.74) is 0.962. The third kappa shape index (κ3) is 1.44. The van der Waals surface area contributed by atoms with Gasteiger partial charge in [-0.2, -0.15) is 0 Å². The van der Waals surface area contributed by atoms with Gasteiger partial charge in [-0.05, 0) is 17.7 Å². The minimum atomic E-state index is -0.409. The van der Waals surface area contributed by atoms with Gasteiger partial charge in [0.2, 0.25) is 0 Å². The molecule has 0 bridgehead atoms. The fourth-order valence-corrected chi connectivity index (χ4v) is 1.98. The van der Waals surface area contributed by atoms with Gasteiger partial charge in [0.1, 0.15) is 11.6 Å². The SMILES string of the molecule is CC1C(=O)CC1c1ccc(F)c(Cl)c1. The summed E-state index contributed by atoms with van der Waals surface area (Å²) in [6, 6.07) is 4.67. The van der Waals surface area contributed by atoms with E-state index >= 15 is 0 Å². The molecule has 74 valence electrons. The third-order valence-corrected chi connectivity index (χ3v) is 3.19. The second-order valence-corrected chi connectivity index (χ2v) is 4.15. The van der Waals surface area contributed by atoms with Gasteiger partial charge >= 0.3 is 0 Å². The maximum Gasteiger partial charge on any atom is 0.141 e. The molecule has 0 aliphatic heterocycles. The minimum absolute atomic E-state index is 0.0523. The van der Waals surface area contributed by atoms with Gasteiger partial charge in [-0.25, -0.2) is 4.39 Å². The van der Waals surface area contributed by atoms with Gasteiger partial charge < -0.3 is 0 Å². The van der Waals surface area contributed by atoms with E-state index in [1.165, 1.54) is 6.07 Å². The van der Waals surface area contributed by atoms with Crippen LogP contribution in [-0.4, -0.2) is 5.78 Å². The molecule has 14 heavy (non-hydrogen) atoms. The Morgan fingerprint density at radius 3 is 2.71 bits per heavy atom. The van der Waals surface area contributed by atoms with E-state index in [0.29, 0.717) is 6.42 Å². The lowest BCUT2D eigenvalue weighted by Crippen LogP contribution is -2.32. The first-order valence-electron chi connectivity index (χ1n) is 4.57. The van der Waals surface area contributed by atoms with Gasteiger partial charge in [0.05, 0.1) is 5.02 Å². The maximum atomic E-state index is 12.9. The number of carbonyl (C=O) groups excluding carboxylic acids is 1. The van der Waals surface area contributed by atoms with E-state index in [0.717, 1.165) is 5.56 Å². The van der Waals surface area contributed by atoms with Crippen molar-refractivity contribution in [2.75, 3.05) is 0 Å². The molecular weight excluding hydrogens is 203 g/mol. The van der Waals surface area contributed by atoms with Crippen molar-refractivity contribution in [2.45, 2.75) is 19.3 Å². The molecule has 0 amide bonds. The van der Waals surface area contributed by atoms with Gasteiger partial charge in [-0.15, -0.1) is 0 Å². The lowest BCUT2D eigenvalue weighted by Gasteiger charge is -2.32. The lowest BCUT2D eigenvalue weighted by molar-refractivity contribution is -0.130. The molecule has 2 rings (SSSR count). The van der Waals surface area contributed by atoms with Crippen molar-refractivity contribution >= 4 is 17.4 Å². The molecule has 2 unspecified atom stereocenters. The molecule has 1 aromatic rings. The number of carbonyl (C=O) groups is 1. The first kappa shape index (κ1) is 9.66.